The quantitative estimate of drug-likeness (QED) is 0.746. The highest BCUT2D eigenvalue weighted by Gasteiger charge is 2.08. The van der Waals surface area contributed by atoms with E-state index in [1.54, 1.807) is 22.9 Å². The summed E-state index contributed by atoms with van der Waals surface area (Å²) in [4.78, 5) is 10.6. The molecule has 0 unspecified atom stereocenters. The number of rotatable bonds is 3. The van der Waals surface area contributed by atoms with Crippen LogP contribution >= 0.6 is 0 Å². The van der Waals surface area contributed by atoms with Gasteiger partial charge >= 0.3 is 5.97 Å². The van der Waals surface area contributed by atoms with Crippen LogP contribution < -0.4 is 0 Å². The highest BCUT2D eigenvalue weighted by Crippen LogP contribution is 2.06. The minimum Gasteiger partial charge on any atom is -0.477 e. The molecule has 3 nitrogen and oxygen atoms in total. The molecular weight excluding hydrogens is 154 g/mol. The third kappa shape index (κ3) is 1.87. The fourth-order valence-corrected chi connectivity index (χ4v) is 1.16. The molecule has 1 heterocycles. The van der Waals surface area contributed by atoms with Gasteiger partial charge in [0, 0.05) is 12.7 Å². The number of carboxylic acids is 1. The van der Waals surface area contributed by atoms with Gasteiger partial charge in [0.1, 0.15) is 5.69 Å². The minimum absolute atomic E-state index is 0.365. The van der Waals surface area contributed by atoms with E-state index in [-0.39, 0.29) is 0 Å². The van der Waals surface area contributed by atoms with Crippen LogP contribution in [-0.4, -0.2) is 15.6 Å². The summed E-state index contributed by atoms with van der Waals surface area (Å²) in [5.74, 6) is -0.392. The molecule has 1 rings (SSSR count). The smallest absolute Gasteiger partial charge is 0.352 e. The lowest BCUT2D eigenvalue weighted by molar-refractivity contribution is 0.0684. The predicted molar refractivity (Wildman–Crippen MR) is 46.2 cm³/mol. The van der Waals surface area contributed by atoms with Crippen molar-refractivity contribution in [3.8, 4) is 0 Å². The van der Waals surface area contributed by atoms with Crippen molar-refractivity contribution in [3.05, 3.63) is 24.0 Å². The predicted octanol–water partition coefficient (Wildman–Crippen LogP) is 1.84. The second kappa shape index (κ2) is 3.43. The van der Waals surface area contributed by atoms with E-state index in [1.165, 1.54) is 0 Å². The Kier molecular flexibility index (Phi) is 2.53. The van der Waals surface area contributed by atoms with Crippen molar-refractivity contribution in [1.82, 2.24) is 4.57 Å². The first kappa shape index (κ1) is 8.84. The first-order chi connectivity index (χ1) is 5.61. The van der Waals surface area contributed by atoms with Crippen LogP contribution in [0.4, 0.5) is 0 Å². The van der Waals surface area contributed by atoms with Gasteiger partial charge in [0.2, 0.25) is 0 Å². The van der Waals surface area contributed by atoms with E-state index in [0.717, 1.165) is 6.54 Å². The van der Waals surface area contributed by atoms with E-state index in [2.05, 4.69) is 13.8 Å². The van der Waals surface area contributed by atoms with Crippen LogP contribution in [0.3, 0.4) is 0 Å². The Hall–Kier alpha value is -1.25. The van der Waals surface area contributed by atoms with Crippen LogP contribution in [0.1, 0.15) is 24.3 Å². The zero-order chi connectivity index (χ0) is 9.14. The number of hydrogen-bond acceptors (Lipinski definition) is 1. The molecule has 12 heavy (non-hydrogen) atoms. The molecule has 0 fully saturated rings. The van der Waals surface area contributed by atoms with Gasteiger partial charge in [-0.15, -0.1) is 0 Å². The fraction of sp³-hybridized carbons (Fsp3) is 0.444. The Morgan fingerprint density at radius 1 is 1.67 bits per heavy atom. The second-order valence-corrected chi connectivity index (χ2v) is 3.24. The molecule has 1 N–H and O–H groups in total. The molecule has 1 aromatic heterocycles. The highest BCUT2D eigenvalue weighted by molar-refractivity contribution is 5.85. The number of carboxylic acid groups (broad SMARTS) is 1. The van der Waals surface area contributed by atoms with E-state index in [9.17, 15) is 4.79 Å². The van der Waals surface area contributed by atoms with Gasteiger partial charge in [-0.25, -0.2) is 4.79 Å². The van der Waals surface area contributed by atoms with Crippen LogP contribution in [0, 0.1) is 5.92 Å². The molecule has 66 valence electrons. The largest absolute Gasteiger partial charge is 0.477 e. The monoisotopic (exact) mass is 167 g/mol. The average molecular weight is 167 g/mol. The van der Waals surface area contributed by atoms with Crippen LogP contribution in [0.15, 0.2) is 18.3 Å². The van der Waals surface area contributed by atoms with Gasteiger partial charge in [-0.05, 0) is 18.1 Å². The Bertz CT molecular complexity index is 276. The van der Waals surface area contributed by atoms with Gasteiger partial charge in [0.05, 0.1) is 0 Å². The third-order valence-corrected chi connectivity index (χ3v) is 1.61. The summed E-state index contributed by atoms with van der Waals surface area (Å²) in [5.41, 5.74) is 0.365. The molecule has 3 heteroatoms. The van der Waals surface area contributed by atoms with Gasteiger partial charge in [0.25, 0.3) is 0 Å². The number of aromatic carboxylic acids is 1. The van der Waals surface area contributed by atoms with Gasteiger partial charge < -0.3 is 9.67 Å². The second-order valence-electron chi connectivity index (χ2n) is 3.24. The lowest BCUT2D eigenvalue weighted by atomic mass is 10.2. The molecule has 0 spiro atoms. The van der Waals surface area contributed by atoms with Gasteiger partial charge in [0.15, 0.2) is 0 Å². The zero-order valence-corrected chi connectivity index (χ0v) is 7.32. The molecule has 0 atom stereocenters. The minimum atomic E-state index is -0.861. The molecule has 0 aliphatic rings. The molecule has 0 amide bonds. The summed E-state index contributed by atoms with van der Waals surface area (Å²) in [6.45, 7) is 4.88. The maximum absolute atomic E-state index is 10.6. The van der Waals surface area contributed by atoms with E-state index in [0.29, 0.717) is 11.6 Å². The number of carbonyl (C=O) groups is 1. The molecule has 0 aliphatic carbocycles. The molecule has 0 saturated carbocycles. The fourth-order valence-electron chi connectivity index (χ4n) is 1.16. The summed E-state index contributed by atoms with van der Waals surface area (Å²) in [7, 11) is 0. The van der Waals surface area contributed by atoms with E-state index < -0.39 is 5.97 Å². The zero-order valence-electron chi connectivity index (χ0n) is 7.32. The molecule has 0 saturated heterocycles. The van der Waals surface area contributed by atoms with Gasteiger partial charge in [-0.2, -0.15) is 0 Å². The SMILES string of the molecule is CC(C)Cn1cccc1C(=O)O. The Balaban J connectivity index is 2.84. The lowest BCUT2D eigenvalue weighted by Gasteiger charge is -2.08. The van der Waals surface area contributed by atoms with Gasteiger partial charge in [-0.1, -0.05) is 13.8 Å². The standard InChI is InChI=1S/C9H13NO2/c1-7(2)6-10-5-3-4-8(10)9(11)12/h3-5,7H,6H2,1-2H3,(H,11,12). The number of nitrogens with zero attached hydrogens (tertiary/aromatic N) is 1. The summed E-state index contributed by atoms with van der Waals surface area (Å²) < 4.78 is 1.76. The van der Waals surface area contributed by atoms with Crippen LogP contribution in [-0.2, 0) is 6.54 Å². The number of hydrogen-bond donors (Lipinski definition) is 1. The van der Waals surface area contributed by atoms with Crippen molar-refractivity contribution in [2.45, 2.75) is 20.4 Å². The Morgan fingerprint density at radius 2 is 2.33 bits per heavy atom. The topological polar surface area (TPSA) is 42.2 Å². The summed E-state index contributed by atoms with van der Waals surface area (Å²) in [6.07, 6.45) is 1.80. The maximum Gasteiger partial charge on any atom is 0.352 e. The average Bonchev–Trinajstić information content (AvgIpc) is 2.33. The summed E-state index contributed by atoms with van der Waals surface area (Å²) >= 11 is 0. The highest BCUT2D eigenvalue weighted by atomic mass is 16.4. The normalized spacial score (nSPS) is 10.6. The van der Waals surface area contributed by atoms with Gasteiger partial charge in [-0.3, -0.25) is 0 Å². The molecule has 0 aliphatic heterocycles. The maximum atomic E-state index is 10.6. The molecule has 1 aromatic rings. The van der Waals surface area contributed by atoms with Crippen molar-refractivity contribution >= 4 is 5.97 Å². The molecule has 0 radical (unpaired) electrons. The van der Waals surface area contributed by atoms with Crippen molar-refractivity contribution in [2.24, 2.45) is 5.92 Å². The van der Waals surface area contributed by atoms with Crippen LogP contribution in [0.25, 0.3) is 0 Å². The third-order valence-electron chi connectivity index (χ3n) is 1.61. The van der Waals surface area contributed by atoms with E-state index >= 15 is 0 Å². The number of aromatic nitrogens is 1. The lowest BCUT2D eigenvalue weighted by Crippen LogP contribution is -2.10. The Labute approximate surface area is 71.6 Å². The molecule has 0 aromatic carbocycles. The van der Waals surface area contributed by atoms with Crippen molar-refractivity contribution in [1.29, 1.82) is 0 Å². The van der Waals surface area contributed by atoms with E-state index in [1.807, 2.05) is 0 Å². The molecule has 0 bridgehead atoms. The first-order valence-electron chi connectivity index (χ1n) is 3.99. The first-order valence-corrected chi connectivity index (χ1v) is 3.99. The van der Waals surface area contributed by atoms with Crippen LogP contribution in [0.2, 0.25) is 0 Å². The Morgan fingerprint density at radius 3 is 2.83 bits per heavy atom. The summed E-state index contributed by atoms with van der Waals surface area (Å²) in [6, 6.07) is 3.37. The molecular formula is C9H13NO2. The van der Waals surface area contributed by atoms with Crippen molar-refractivity contribution < 1.29 is 9.90 Å². The summed E-state index contributed by atoms with van der Waals surface area (Å²) in [5, 5.41) is 8.75. The van der Waals surface area contributed by atoms with Crippen molar-refractivity contribution in [2.75, 3.05) is 0 Å². The van der Waals surface area contributed by atoms with E-state index in [4.69, 9.17) is 5.11 Å². The van der Waals surface area contributed by atoms with Crippen molar-refractivity contribution in [3.63, 3.8) is 0 Å². The van der Waals surface area contributed by atoms with Crippen LogP contribution in [0.5, 0.6) is 0 Å².